The fourth-order valence-corrected chi connectivity index (χ4v) is 2.58. The highest BCUT2D eigenvalue weighted by atomic mass is 16.5. The largest absolute Gasteiger partial charge is 0.379 e. The third kappa shape index (κ3) is 1.42. The number of ether oxygens (including phenoxy) is 1. The van der Waals surface area contributed by atoms with Crippen molar-refractivity contribution in [3.05, 3.63) is 11.6 Å². The van der Waals surface area contributed by atoms with Crippen LogP contribution in [0.1, 0.15) is 27.2 Å². The number of rotatable bonds is 0. The number of nitrogens with one attached hydrogen (secondary N) is 1. The molecule has 1 unspecified atom stereocenters. The molecule has 0 aromatic rings. The van der Waals surface area contributed by atoms with Crippen molar-refractivity contribution in [3.8, 4) is 0 Å². The fraction of sp³-hybridized carbons (Fsp3) is 0.818. The summed E-state index contributed by atoms with van der Waals surface area (Å²) in [5.74, 6) is 0. The molecule has 2 heteroatoms. The number of hydrogen-bond acceptors (Lipinski definition) is 2. The molecule has 1 atom stereocenters. The zero-order valence-electron chi connectivity index (χ0n) is 8.81. The van der Waals surface area contributed by atoms with Crippen molar-refractivity contribution in [1.82, 2.24) is 5.32 Å². The maximum absolute atomic E-state index is 5.50. The predicted octanol–water partition coefficient (Wildman–Crippen LogP) is 1.72. The molecular formula is C11H19NO. The van der Waals surface area contributed by atoms with E-state index in [9.17, 15) is 0 Å². The van der Waals surface area contributed by atoms with Gasteiger partial charge in [0.1, 0.15) is 0 Å². The van der Waals surface area contributed by atoms with Crippen molar-refractivity contribution in [1.29, 1.82) is 0 Å². The van der Waals surface area contributed by atoms with Crippen molar-refractivity contribution in [2.45, 2.75) is 32.7 Å². The minimum atomic E-state index is 0.179. The molecule has 2 aliphatic rings. The molecular weight excluding hydrogens is 162 g/mol. The quantitative estimate of drug-likeness (QED) is 0.575. The van der Waals surface area contributed by atoms with E-state index >= 15 is 0 Å². The summed E-state index contributed by atoms with van der Waals surface area (Å²) in [5.41, 5.74) is 1.99. The van der Waals surface area contributed by atoms with E-state index in [1.54, 1.807) is 0 Å². The van der Waals surface area contributed by atoms with Crippen LogP contribution in [0.25, 0.3) is 0 Å². The van der Waals surface area contributed by atoms with Gasteiger partial charge in [-0.3, -0.25) is 0 Å². The standard InChI is InChI=1S/C11H19NO/c1-10(2,3)9-4-6-12-11(9)5-7-13-8-11/h4,12H,5-8H2,1-3H3. The molecule has 1 N–H and O–H groups in total. The molecule has 1 spiro atoms. The van der Waals surface area contributed by atoms with Crippen LogP contribution in [0.5, 0.6) is 0 Å². The van der Waals surface area contributed by atoms with Crippen molar-refractivity contribution >= 4 is 0 Å². The Hall–Kier alpha value is -0.340. The Labute approximate surface area is 80.4 Å². The lowest BCUT2D eigenvalue weighted by atomic mass is 9.75. The van der Waals surface area contributed by atoms with Gasteiger partial charge in [-0.2, -0.15) is 0 Å². The SMILES string of the molecule is CC(C)(C)C1=CCNC12CCOC2. The molecule has 2 nitrogen and oxygen atoms in total. The molecule has 0 aromatic carbocycles. The first-order valence-corrected chi connectivity index (χ1v) is 5.08. The van der Waals surface area contributed by atoms with E-state index in [2.05, 4.69) is 32.2 Å². The topological polar surface area (TPSA) is 21.3 Å². The smallest absolute Gasteiger partial charge is 0.0688 e. The Balaban J connectivity index is 2.27. The molecule has 1 saturated heterocycles. The first-order valence-electron chi connectivity index (χ1n) is 5.08. The molecule has 0 amide bonds. The number of hydrogen-bond donors (Lipinski definition) is 1. The van der Waals surface area contributed by atoms with Gasteiger partial charge >= 0.3 is 0 Å². The summed E-state index contributed by atoms with van der Waals surface area (Å²) in [4.78, 5) is 0. The molecule has 74 valence electrons. The Morgan fingerprint density at radius 1 is 1.46 bits per heavy atom. The summed E-state index contributed by atoms with van der Waals surface area (Å²) in [5, 5.41) is 3.57. The van der Waals surface area contributed by atoms with E-state index < -0.39 is 0 Å². The van der Waals surface area contributed by atoms with Gasteiger partial charge in [-0.25, -0.2) is 0 Å². The van der Waals surface area contributed by atoms with E-state index in [1.807, 2.05) is 0 Å². The molecule has 0 aliphatic carbocycles. The second-order valence-corrected chi connectivity index (χ2v) is 5.13. The van der Waals surface area contributed by atoms with E-state index in [0.29, 0.717) is 0 Å². The van der Waals surface area contributed by atoms with E-state index in [-0.39, 0.29) is 11.0 Å². The van der Waals surface area contributed by atoms with Crippen molar-refractivity contribution in [2.24, 2.45) is 5.41 Å². The second kappa shape index (κ2) is 2.82. The Kier molecular flexibility index (Phi) is 2.00. The minimum Gasteiger partial charge on any atom is -0.379 e. The van der Waals surface area contributed by atoms with Crippen LogP contribution in [0.2, 0.25) is 0 Å². The second-order valence-electron chi connectivity index (χ2n) is 5.13. The Bertz CT molecular complexity index is 231. The highest BCUT2D eigenvalue weighted by Gasteiger charge is 2.44. The van der Waals surface area contributed by atoms with Gasteiger partial charge in [-0.1, -0.05) is 26.8 Å². The fourth-order valence-electron chi connectivity index (χ4n) is 2.58. The third-order valence-electron chi connectivity index (χ3n) is 3.09. The minimum absolute atomic E-state index is 0.179. The van der Waals surface area contributed by atoms with Gasteiger partial charge in [0.25, 0.3) is 0 Å². The summed E-state index contributed by atoms with van der Waals surface area (Å²) in [7, 11) is 0. The van der Waals surface area contributed by atoms with Gasteiger partial charge in [-0.15, -0.1) is 0 Å². The van der Waals surface area contributed by atoms with Crippen molar-refractivity contribution in [2.75, 3.05) is 19.8 Å². The van der Waals surface area contributed by atoms with Crippen LogP contribution in [0.15, 0.2) is 11.6 Å². The highest BCUT2D eigenvalue weighted by Crippen LogP contribution is 2.40. The molecule has 2 heterocycles. The summed E-state index contributed by atoms with van der Waals surface area (Å²) in [6.07, 6.45) is 3.48. The zero-order chi connectivity index (χ0) is 9.53. The molecule has 0 bridgehead atoms. The van der Waals surface area contributed by atoms with E-state index in [4.69, 9.17) is 4.74 Å². The van der Waals surface area contributed by atoms with Crippen LogP contribution in [0.3, 0.4) is 0 Å². The van der Waals surface area contributed by atoms with Crippen LogP contribution in [-0.2, 0) is 4.74 Å². The first-order chi connectivity index (χ1) is 6.05. The van der Waals surface area contributed by atoms with Crippen LogP contribution in [-0.4, -0.2) is 25.3 Å². The first kappa shape index (κ1) is 9.22. The lowest BCUT2D eigenvalue weighted by Gasteiger charge is -2.34. The van der Waals surface area contributed by atoms with Gasteiger partial charge in [0.15, 0.2) is 0 Å². The molecule has 1 fully saturated rings. The van der Waals surface area contributed by atoms with E-state index in [0.717, 1.165) is 26.2 Å². The predicted molar refractivity (Wildman–Crippen MR) is 53.7 cm³/mol. The molecule has 0 radical (unpaired) electrons. The van der Waals surface area contributed by atoms with Crippen molar-refractivity contribution in [3.63, 3.8) is 0 Å². The Morgan fingerprint density at radius 2 is 2.23 bits per heavy atom. The summed E-state index contributed by atoms with van der Waals surface area (Å²) >= 11 is 0. The normalized spacial score (nSPS) is 34.2. The summed E-state index contributed by atoms with van der Waals surface area (Å²) in [6, 6.07) is 0. The van der Waals surface area contributed by atoms with Crippen LogP contribution < -0.4 is 5.32 Å². The van der Waals surface area contributed by atoms with Crippen LogP contribution in [0.4, 0.5) is 0 Å². The lowest BCUT2D eigenvalue weighted by Crippen LogP contribution is -2.46. The Morgan fingerprint density at radius 3 is 2.77 bits per heavy atom. The zero-order valence-corrected chi connectivity index (χ0v) is 8.81. The van der Waals surface area contributed by atoms with Gasteiger partial charge in [-0.05, 0) is 17.4 Å². The van der Waals surface area contributed by atoms with Crippen LogP contribution >= 0.6 is 0 Å². The molecule has 2 rings (SSSR count). The molecule has 13 heavy (non-hydrogen) atoms. The van der Waals surface area contributed by atoms with Gasteiger partial charge < -0.3 is 10.1 Å². The third-order valence-corrected chi connectivity index (χ3v) is 3.09. The van der Waals surface area contributed by atoms with E-state index in [1.165, 1.54) is 5.57 Å². The van der Waals surface area contributed by atoms with Gasteiger partial charge in [0.2, 0.25) is 0 Å². The lowest BCUT2D eigenvalue weighted by molar-refractivity contribution is 0.174. The summed E-state index contributed by atoms with van der Waals surface area (Å²) < 4.78 is 5.50. The average Bonchev–Trinajstić information content (AvgIpc) is 2.60. The van der Waals surface area contributed by atoms with Crippen LogP contribution in [0, 0.1) is 5.41 Å². The highest BCUT2D eigenvalue weighted by molar-refractivity contribution is 5.32. The monoisotopic (exact) mass is 181 g/mol. The van der Waals surface area contributed by atoms with Gasteiger partial charge in [0.05, 0.1) is 12.1 Å². The van der Waals surface area contributed by atoms with Gasteiger partial charge in [0, 0.05) is 13.2 Å². The molecule has 0 aromatic heterocycles. The maximum atomic E-state index is 5.50. The molecule has 2 aliphatic heterocycles. The summed E-state index contributed by atoms with van der Waals surface area (Å²) in [6.45, 7) is 9.62. The molecule has 0 saturated carbocycles. The average molecular weight is 181 g/mol. The maximum Gasteiger partial charge on any atom is 0.0688 e. The van der Waals surface area contributed by atoms with Crippen molar-refractivity contribution < 1.29 is 4.74 Å².